The van der Waals surface area contributed by atoms with Gasteiger partial charge in [-0.15, -0.1) is 0 Å². The zero-order valence-electron chi connectivity index (χ0n) is 16.3. The van der Waals surface area contributed by atoms with Crippen LogP contribution in [0.15, 0.2) is 48.5 Å². The van der Waals surface area contributed by atoms with Gasteiger partial charge in [-0.3, -0.25) is 4.79 Å². The third kappa shape index (κ3) is 4.71. The van der Waals surface area contributed by atoms with Gasteiger partial charge in [0.05, 0.1) is 18.5 Å². The average molecular weight is 380 g/mol. The van der Waals surface area contributed by atoms with Gasteiger partial charge >= 0.3 is 5.97 Å². The van der Waals surface area contributed by atoms with Crippen LogP contribution in [-0.2, 0) is 22.6 Å². The minimum absolute atomic E-state index is 0.0658. The third-order valence-corrected chi connectivity index (χ3v) is 4.45. The van der Waals surface area contributed by atoms with Crippen molar-refractivity contribution in [2.45, 2.75) is 33.3 Å². The van der Waals surface area contributed by atoms with Gasteiger partial charge in [-0.1, -0.05) is 18.2 Å². The maximum atomic E-state index is 12.0. The molecule has 6 heteroatoms. The summed E-state index contributed by atoms with van der Waals surface area (Å²) in [6, 6.07) is 14.9. The van der Waals surface area contributed by atoms with E-state index in [9.17, 15) is 9.90 Å². The number of aryl methyl sites for hydroxylation is 3. The molecule has 28 heavy (non-hydrogen) atoms. The zero-order chi connectivity index (χ0) is 20.1. The van der Waals surface area contributed by atoms with E-state index in [2.05, 4.69) is 5.10 Å². The van der Waals surface area contributed by atoms with E-state index in [1.807, 2.05) is 54.9 Å². The van der Waals surface area contributed by atoms with E-state index in [0.29, 0.717) is 12.2 Å². The molecule has 0 aliphatic heterocycles. The molecule has 1 N–H and O–H groups in total. The van der Waals surface area contributed by atoms with E-state index in [1.54, 1.807) is 12.1 Å². The van der Waals surface area contributed by atoms with Crippen LogP contribution in [0.25, 0.3) is 5.69 Å². The molecule has 0 aliphatic rings. The Morgan fingerprint density at radius 2 is 1.79 bits per heavy atom. The highest BCUT2D eigenvalue weighted by molar-refractivity contribution is 5.69. The number of aromatic hydroxyl groups is 1. The van der Waals surface area contributed by atoms with Gasteiger partial charge in [-0.2, -0.15) is 5.10 Å². The van der Waals surface area contributed by atoms with E-state index >= 15 is 0 Å². The van der Waals surface area contributed by atoms with Crippen molar-refractivity contribution >= 4 is 5.97 Å². The van der Waals surface area contributed by atoms with Crippen molar-refractivity contribution in [3.05, 3.63) is 71.0 Å². The number of aromatic nitrogens is 2. The van der Waals surface area contributed by atoms with Gasteiger partial charge in [0.2, 0.25) is 0 Å². The molecule has 146 valence electrons. The molecule has 0 aliphatic carbocycles. The van der Waals surface area contributed by atoms with Crippen LogP contribution in [0.3, 0.4) is 0 Å². The van der Waals surface area contributed by atoms with E-state index in [1.165, 1.54) is 7.11 Å². The van der Waals surface area contributed by atoms with Gasteiger partial charge in [0.15, 0.2) is 11.5 Å². The first-order valence-electron chi connectivity index (χ1n) is 9.10. The Labute approximate surface area is 164 Å². The highest BCUT2D eigenvalue weighted by atomic mass is 16.5. The van der Waals surface area contributed by atoms with E-state index in [4.69, 9.17) is 9.47 Å². The van der Waals surface area contributed by atoms with Crippen molar-refractivity contribution < 1.29 is 19.4 Å². The molecule has 0 saturated heterocycles. The van der Waals surface area contributed by atoms with Gasteiger partial charge in [0.25, 0.3) is 0 Å². The Morgan fingerprint density at radius 3 is 2.39 bits per heavy atom. The normalized spacial score (nSPS) is 10.7. The standard InChI is InChI=1S/C22H24N2O4/c1-15-12-16(2)24(23-15)19-8-4-18(5-9-19)14-28-22(26)11-7-17-6-10-21(27-3)20(25)13-17/h4-6,8-10,12-13,25H,7,11,14H2,1-3H3. The van der Waals surface area contributed by atoms with Gasteiger partial charge in [-0.05, 0) is 61.7 Å². The van der Waals surface area contributed by atoms with Crippen LogP contribution < -0.4 is 4.74 Å². The predicted molar refractivity (Wildman–Crippen MR) is 106 cm³/mol. The number of esters is 1. The maximum absolute atomic E-state index is 12.0. The van der Waals surface area contributed by atoms with E-state index in [-0.39, 0.29) is 24.7 Å². The Balaban J connectivity index is 1.50. The summed E-state index contributed by atoms with van der Waals surface area (Å²) in [5.41, 5.74) is 4.78. The molecular formula is C22H24N2O4. The van der Waals surface area contributed by atoms with Crippen LogP contribution in [0, 0.1) is 13.8 Å². The first-order valence-corrected chi connectivity index (χ1v) is 9.10. The Morgan fingerprint density at radius 1 is 1.07 bits per heavy atom. The summed E-state index contributed by atoms with van der Waals surface area (Å²) in [5, 5.41) is 14.2. The summed E-state index contributed by atoms with van der Waals surface area (Å²) < 4.78 is 12.2. The number of methoxy groups -OCH3 is 1. The lowest BCUT2D eigenvalue weighted by atomic mass is 10.1. The van der Waals surface area contributed by atoms with Crippen molar-refractivity contribution in [2.75, 3.05) is 7.11 Å². The van der Waals surface area contributed by atoms with Crippen molar-refractivity contribution in [3.8, 4) is 17.2 Å². The molecule has 1 heterocycles. The number of phenols is 1. The second-order valence-electron chi connectivity index (χ2n) is 6.67. The van der Waals surface area contributed by atoms with Crippen LogP contribution in [0.4, 0.5) is 0 Å². The molecule has 0 spiro atoms. The Bertz CT molecular complexity index is 961. The lowest BCUT2D eigenvalue weighted by molar-refractivity contribution is -0.144. The largest absolute Gasteiger partial charge is 0.504 e. The number of carbonyl (C=O) groups is 1. The highest BCUT2D eigenvalue weighted by Crippen LogP contribution is 2.26. The average Bonchev–Trinajstić information content (AvgIpc) is 3.03. The molecule has 3 aromatic rings. The molecule has 0 saturated carbocycles. The first kappa shape index (κ1) is 19.5. The number of phenolic OH excluding ortho intramolecular Hbond substituents is 1. The second kappa shape index (κ2) is 8.61. The molecule has 0 unspecified atom stereocenters. The molecule has 2 aromatic carbocycles. The summed E-state index contributed by atoms with van der Waals surface area (Å²) >= 11 is 0. The molecule has 0 bridgehead atoms. The molecular weight excluding hydrogens is 356 g/mol. The van der Waals surface area contributed by atoms with Crippen molar-refractivity contribution in [1.82, 2.24) is 9.78 Å². The molecule has 0 radical (unpaired) electrons. The molecule has 0 fully saturated rings. The minimum Gasteiger partial charge on any atom is -0.504 e. The number of ether oxygens (including phenoxy) is 2. The van der Waals surface area contributed by atoms with Crippen LogP contribution in [0.1, 0.15) is 28.9 Å². The van der Waals surface area contributed by atoms with Crippen LogP contribution in [0.5, 0.6) is 11.5 Å². The number of benzene rings is 2. The monoisotopic (exact) mass is 380 g/mol. The van der Waals surface area contributed by atoms with Crippen LogP contribution >= 0.6 is 0 Å². The van der Waals surface area contributed by atoms with Gasteiger partial charge in [0.1, 0.15) is 6.61 Å². The lowest BCUT2D eigenvalue weighted by Gasteiger charge is -2.08. The van der Waals surface area contributed by atoms with Crippen LogP contribution in [-0.4, -0.2) is 28.0 Å². The fraction of sp³-hybridized carbons (Fsp3) is 0.273. The second-order valence-corrected chi connectivity index (χ2v) is 6.67. The van der Waals surface area contributed by atoms with Crippen molar-refractivity contribution in [2.24, 2.45) is 0 Å². The molecule has 1 aromatic heterocycles. The molecule has 0 atom stereocenters. The Kier molecular flexibility index (Phi) is 5.99. The number of hydrogen-bond acceptors (Lipinski definition) is 5. The summed E-state index contributed by atoms with van der Waals surface area (Å²) in [7, 11) is 1.50. The summed E-state index contributed by atoms with van der Waals surface area (Å²) in [4.78, 5) is 12.0. The van der Waals surface area contributed by atoms with Crippen molar-refractivity contribution in [3.63, 3.8) is 0 Å². The first-order chi connectivity index (χ1) is 13.5. The quantitative estimate of drug-likeness (QED) is 0.630. The highest BCUT2D eigenvalue weighted by Gasteiger charge is 2.08. The smallest absolute Gasteiger partial charge is 0.306 e. The maximum Gasteiger partial charge on any atom is 0.306 e. The molecule has 0 amide bonds. The number of rotatable bonds is 7. The third-order valence-electron chi connectivity index (χ3n) is 4.45. The molecule has 6 nitrogen and oxygen atoms in total. The van der Waals surface area contributed by atoms with Gasteiger partial charge < -0.3 is 14.6 Å². The fourth-order valence-electron chi connectivity index (χ4n) is 3.00. The number of nitrogens with zero attached hydrogens (tertiary/aromatic N) is 2. The number of hydrogen-bond donors (Lipinski definition) is 1. The van der Waals surface area contributed by atoms with Gasteiger partial charge in [-0.25, -0.2) is 4.68 Å². The SMILES string of the molecule is COc1ccc(CCC(=O)OCc2ccc(-n3nc(C)cc3C)cc2)cc1O. The van der Waals surface area contributed by atoms with Crippen LogP contribution in [0.2, 0.25) is 0 Å². The minimum atomic E-state index is -0.280. The fourth-order valence-corrected chi connectivity index (χ4v) is 3.00. The van der Waals surface area contributed by atoms with E-state index in [0.717, 1.165) is 28.2 Å². The van der Waals surface area contributed by atoms with Gasteiger partial charge in [0, 0.05) is 12.1 Å². The van der Waals surface area contributed by atoms with Crippen molar-refractivity contribution in [1.29, 1.82) is 0 Å². The topological polar surface area (TPSA) is 73.6 Å². The summed E-state index contributed by atoms with van der Waals surface area (Å²) in [5.74, 6) is 0.198. The number of carbonyl (C=O) groups excluding carboxylic acids is 1. The predicted octanol–water partition coefficient (Wildman–Crippen LogP) is 3.88. The molecule has 3 rings (SSSR count). The lowest BCUT2D eigenvalue weighted by Crippen LogP contribution is -2.06. The zero-order valence-corrected chi connectivity index (χ0v) is 16.3. The van der Waals surface area contributed by atoms with E-state index < -0.39 is 0 Å². The Hall–Kier alpha value is -3.28. The summed E-state index contributed by atoms with van der Waals surface area (Å²) in [6.07, 6.45) is 0.739. The summed E-state index contributed by atoms with van der Waals surface area (Å²) in [6.45, 7) is 4.20.